The van der Waals surface area contributed by atoms with Crippen molar-refractivity contribution in [2.45, 2.75) is 62.1 Å². The molecule has 3 aliphatic rings. The highest BCUT2D eigenvalue weighted by atomic mass is 19.1. The predicted octanol–water partition coefficient (Wildman–Crippen LogP) is 3.43. The monoisotopic (exact) mass is 472 g/mol. The van der Waals surface area contributed by atoms with Gasteiger partial charge < -0.3 is 29.4 Å². The van der Waals surface area contributed by atoms with E-state index < -0.39 is 36.1 Å². The second kappa shape index (κ2) is 8.57. The molecule has 6 atom stereocenters. The zero-order valence-corrected chi connectivity index (χ0v) is 18.4. The van der Waals surface area contributed by atoms with Crippen LogP contribution in [-0.2, 0) is 9.47 Å². The number of aliphatic hydroxyl groups excluding tert-OH is 2. The summed E-state index contributed by atoms with van der Waals surface area (Å²) in [6.45, 7) is 0.366. The van der Waals surface area contributed by atoms with E-state index >= 15 is 4.39 Å². The van der Waals surface area contributed by atoms with Gasteiger partial charge in [0.1, 0.15) is 29.6 Å². The first kappa shape index (κ1) is 21.9. The largest absolute Gasteiger partial charge is 0.456 e. The van der Waals surface area contributed by atoms with E-state index in [0.29, 0.717) is 5.56 Å². The molecule has 3 aromatic rings. The predicted molar refractivity (Wildman–Crippen MR) is 119 cm³/mol. The molecule has 2 saturated heterocycles. The number of benzene rings is 2. The van der Waals surface area contributed by atoms with Crippen LogP contribution in [0.25, 0.3) is 22.2 Å². The smallest absolute Gasteiger partial charge is 0.295 e. The van der Waals surface area contributed by atoms with Gasteiger partial charge in [-0.2, -0.15) is 4.98 Å². The van der Waals surface area contributed by atoms with Crippen molar-refractivity contribution in [2.24, 2.45) is 0 Å². The lowest BCUT2D eigenvalue weighted by Crippen LogP contribution is -2.34. The molecule has 0 amide bonds. The van der Waals surface area contributed by atoms with Crippen LogP contribution in [0, 0.1) is 11.6 Å². The van der Waals surface area contributed by atoms with Crippen molar-refractivity contribution in [2.75, 3.05) is 13.2 Å². The van der Waals surface area contributed by atoms with Crippen LogP contribution in [-0.4, -0.2) is 63.9 Å². The fraction of sp³-hybridized carbons (Fsp3) is 0.480. The van der Waals surface area contributed by atoms with Gasteiger partial charge in [0.15, 0.2) is 11.9 Å². The molecule has 34 heavy (non-hydrogen) atoms. The first-order valence-corrected chi connectivity index (χ1v) is 11.7. The van der Waals surface area contributed by atoms with Gasteiger partial charge in [0, 0.05) is 12.0 Å². The van der Waals surface area contributed by atoms with Crippen LogP contribution in [0.3, 0.4) is 0 Å². The maximum Gasteiger partial charge on any atom is 0.295 e. The lowest BCUT2D eigenvalue weighted by molar-refractivity contribution is 0.00706. The van der Waals surface area contributed by atoms with E-state index in [0.717, 1.165) is 31.2 Å². The standard InChI is InChI=1S/C25H26F2N2O5/c26-15-9-16-22(29-25(28-16)34-19-11-33-23-18(31)10-32-24(19)23)21(27)20(15)13-7-5-12(6-8-13)14-3-1-2-4-17(14)30/h5-9,14,17-19,23-24,30-31H,1-4,10-11H2,(H,28,29). The number of nitrogens with zero attached hydrogens (tertiary/aromatic N) is 1. The SMILES string of the molecule is OC1CCCCC1c1ccc(-c2c(F)cc3[nH]c(OC4COC5C(O)COC45)nc3c2F)cc1. The summed E-state index contributed by atoms with van der Waals surface area (Å²) in [5.74, 6) is -1.44. The molecule has 3 heterocycles. The van der Waals surface area contributed by atoms with Gasteiger partial charge in [0.05, 0.1) is 30.4 Å². The zero-order chi connectivity index (χ0) is 23.4. The van der Waals surface area contributed by atoms with Crippen molar-refractivity contribution in [1.82, 2.24) is 9.97 Å². The Hall–Kier alpha value is -2.59. The number of rotatable bonds is 4. The fourth-order valence-electron chi connectivity index (χ4n) is 5.46. The first-order chi connectivity index (χ1) is 16.5. The van der Waals surface area contributed by atoms with E-state index in [2.05, 4.69) is 9.97 Å². The summed E-state index contributed by atoms with van der Waals surface area (Å²) >= 11 is 0. The van der Waals surface area contributed by atoms with Crippen LogP contribution < -0.4 is 4.74 Å². The van der Waals surface area contributed by atoms with Gasteiger partial charge in [0.2, 0.25) is 0 Å². The lowest BCUT2D eigenvalue weighted by Gasteiger charge is -2.28. The van der Waals surface area contributed by atoms with Crippen molar-refractivity contribution >= 4 is 11.0 Å². The summed E-state index contributed by atoms with van der Waals surface area (Å²) in [5, 5.41) is 20.2. The number of fused-ring (bicyclic) bond motifs is 2. The number of aromatic amines is 1. The minimum absolute atomic E-state index is 0.0268. The van der Waals surface area contributed by atoms with Crippen LogP contribution in [0.2, 0.25) is 0 Å². The van der Waals surface area contributed by atoms with E-state index in [1.807, 2.05) is 12.1 Å². The molecular formula is C25H26F2N2O5. The second-order valence-corrected chi connectivity index (χ2v) is 9.39. The summed E-state index contributed by atoms with van der Waals surface area (Å²) in [4.78, 5) is 7.03. The number of halogens is 2. The first-order valence-electron chi connectivity index (χ1n) is 11.7. The highest BCUT2D eigenvalue weighted by Crippen LogP contribution is 2.37. The topological polar surface area (TPSA) is 96.8 Å². The lowest BCUT2D eigenvalue weighted by atomic mass is 9.81. The molecule has 0 bridgehead atoms. The highest BCUT2D eigenvalue weighted by Gasteiger charge is 2.48. The Morgan fingerprint density at radius 3 is 2.53 bits per heavy atom. The minimum atomic E-state index is -0.778. The van der Waals surface area contributed by atoms with Gasteiger partial charge >= 0.3 is 0 Å². The van der Waals surface area contributed by atoms with Gasteiger partial charge in [-0.3, -0.25) is 0 Å². The Bertz CT molecular complexity index is 1200. The molecule has 1 saturated carbocycles. The molecule has 7 nitrogen and oxygen atoms in total. The molecule has 6 rings (SSSR count). The maximum atomic E-state index is 15.4. The van der Waals surface area contributed by atoms with Gasteiger partial charge in [-0.25, -0.2) is 8.78 Å². The fourth-order valence-corrected chi connectivity index (χ4v) is 5.46. The van der Waals surface area contributed by atoms with Crippen LogP contribution in [0.1, 0.15) is 37.2 Å². The minimum Gasteiger partial charge on any atom is -0.456 e. The number of aromatic nitrogens is 2. The summed E-state index contributed by atoms with van der Waals surface area (Å²) in [6.07, 6.45) is 1.24. The molecular weight excluding hydrogens is 446 g/mol. The normalized spacial score (nSPS) is 31.2. The van der Waals surface area contributed by atoms with Crippen molar-refractivity contribution < 1.29 is 33.2 Å². The molecule has 3 fully saturated rings. The van der Waals surface area contributed by atoms with E-state index in [1.54, 1.807) is 12.1 Å². The summed E-state index contributed by atoms with van der Waals surface area (Å²) in [7, 11) is 0. The zero-order valence-electron chi connectivity index (χ0n) is 18.4. The molecule has 2 aliphatic heterocycles. The van der Waals surface area contributed by atoms with Crippen molar-refractivity contribution in [1.29, 1.82) is 0 Å². The van der Waals surface area contributed by atoms with E-state index in [-0.39, 0.29) is 47.8 Å². The molecule has 0 radical (unpaired) electrons. The molecule has 9 heteroatoms. The molecule has 0 spiro atoms. The molecule has 3 N–H and O–H groups in total. The third kappa shape index (κ3) is 3.67. The van der Waals surface area contributed by atoms with Crippen LogP contribution in [0.5, 0.6) is 6.01 Å². The van der Waals surface area contributed by atoms with Gasteiger partial charge in [-0.1, -0.05) is 37.1 Å². The number of hydrogen-bond donors (Lipinski definition) is 3. The second-order valence-electron chi connectivity index (χ2n) is 9.39. The summed E-state index contributed by atoms with van der Waals surface area (Å²) in [6, 6.07) is 8.29. The van der Waals surface area contributed by atoms with Crippen LogP contribution in [0.4, 0.5) is 8.78 Å². The average Bonchev–Trinajstić information content (AvgIpc) is 3.52. The van der Waals surface area contributed by atoms with Crippen molar-refractivity contribution in [3.05, 3.63) is 47.5 Å². The Morgan fingerprint density at radius 1 is 0.971 bits per heavy atom. The quantitative estimate of drug-likeness (QED) is 0.539. The van der Waals surface area contributed by atoms with Crippen LogP contribution >= 0.6 is 0 Å². The average molecular weight is 472 g/mol. The Kier molecular flexibility index (Phi) is 5.52. The third-order valence-electron chi connectivity index (χ3n) is 7.25. The molecule has 1 aliphatic carbocycles. The number of ether oxygens (including phenoxy) is 3. The van der Waals surface area contributed by atoms with E-state index in [1.165, 1.54) is 6.07 Å². The van der Waals surface area contributed by atoms with Gasteiger partial charge in [-0.05, 0) is 24.0 Å². The van der Waals surface area contributed by atoms with Crippen LogP contribution in [0.15, 0.2) is 30.3 Å². The number of hydrogen-bond acceptors (Lipinski definition) is 6. The number of nitrogens with one attached hydrogen (secondary N) is 1. The van der Waals surface area contributed by atoms with Crippen molar-refractivity contribution in [3.8, 4) is 17.1 Å². The Morgan fingerprint density at radius 2 is 1.74 bits per heavy atom. The van der Waals surface area contributed by atoms with Crippen molar-refractivity contribution in [3.63, 3.8) is 0 Å². The summed E-state index contributed by atoms with van der Waals surface area (Å²) < 4.78 is 47.3. The van der Waals surface area contributed by atoms with Gasteiger partial charge in [-0.15, -0.1) is 0 Å². The molecule has 180 valence electrons. The Labute approximate surface area is 194 Å². The summed E-state index contributed by atoms with van der Waals surface area (Å²) in [5.41, 5.74) is 1.37. The molecule has 2 aromatic carbocycles. The number of imidazole rings is 1. The highest BCUT2D eigenvalue weighted by molar-refractivity contribution is 5.84. The molecule has 6 unspecified atom stereocenters. The number of aliphatic hydroxyl groups is 2. The maximum absolute atomic E-state index is 15.4. The van der Waals surface area contributed by atoms with Gasteiger partial charge in [0.25, 0.3) is 6.01 Å². The number of H-pyrrole nitrogens is 1. The molecule has 1 aromatic heterocycles. The Balaban J connectivity index is 1.27. The van der Waals surface area contributed by atoms with E-state index in [4.69, 9.17) is 14.2 Å². The van der Waals surface area contributed by atoms with E-state index in [9.17, 15) is 14.6 Å². The third-order valence-corrected chi connectivity index (χ3v) is 7.25.